The van der Waals surface area contributed by atoms with Crippen LogP contribution in [0.2, 0.25) is 5.15 Å². The molecule has 0 radical (unpaired) electrons. The van der Waals surface area contributed by atoms with Crippen LogP contribution >= 0.6 is 11.6 Å². The van der Waals surface area contributed by atoms with E-state index in [1.165, 1.54) is 0 Å². The van der Waals surface area contributed by atoms with Crippen molar-refractivity contribution in [3.63, 3.8) is 0 Å². The fourth-order valence-electron chi connectivity index (χ4n) is 2.44. The number of hydrogen-bond donors (Lipinski definition) is 1. The van der Waals surface area contributed by atoms with Crippen LogP contribution in [0.3, 0.4) is 0 Å². The number of halogens is 1. The van der Waals surface area contributed by atoms with E-state index in [-0.39, 0.29) is 6.04 Å². The summed E-state index contributed by atoms with van der Waals surface area (Å²) >= 11 is 6.17. The minimum atomic E-state index is 0.121. The maximum Gasteiger partial charge on any atom is 0.130 e. The zero-order chi connectivity index (χ0) is 14.8. The Hall–Kier alpha value is -1.56. The Kier molecular flexibility index (Phi) is 4.14. The van der Waals surface area contributed by atoms with Crippen molar-refractivity contribution < 1.29 is 4.74 Å². The predicted octanol–water partition coefficient (Wildman–Crippen LogP) is 2.55. The largest absolute Gasteiger partial charge is 0.378 e. The second-order valence-electron chi connectivity index (χ2n) is 5.26. The molecule has 0 bridgehead atoms. The van der Waals surface area contributed by atoms with E-state index in [2.05, 4.69) is 27.2 Å². The minimum absolute atomic E-state index is 0.121. The van der Waals surface area contributed by atoms with E-state index in [0.29, 0.717) is 23.6 Å². The highest BCUT2D eigenvalue weighted by Gasteiger charge is 2.21. The van der Waals surface area contributed by atoms with Crippen molar-refractivity contribution in [2.24, 2.45) is 0 Å². The van der Waals surface area contributed by atoms with Crippen molar-refractivity contribution >= 4 is 11.6 Å². The van der Waals surface area contributed by atoms with Gasteiger partial charge in [-0.05, 0) is 37.6 Å². The summed E-state index contributed by atoms with van der Waals surface area (Å²) in [5, 5.41) is 3.96. The third kappa shape index (κ3) is 3.37. The Morgan fingerprint density at radius 3 is 2.86 bits per heavy atom. The number of nitrogens with zero attached hydrogens (tertiary/aromatic N) is 3. The molecule has 0 unspecified atom stereocenters. The van der Waals surface area contributed by atoms with Crippen molar-refractivity contribution in [3.05, 3.63) is 40.9 Å². The van der Waals surface area contributed by atoms with Gasteiger partial charge in [-0.2, -0.15) is 0 Å². The molecule has 1 saturated heterocycles. The van der Waals surface area contributed by atoms with Crippen LogP contribution in [-0.4, -0.2) is 34.2 Å². The normalized spacial score (nSPS) is 22.2. The van der Waals surface area contributed by atoms with Crippen LogP contribution in [0.4, 0.5) is 0 Å². The first kappa shape index (κ1) is 14.4. The Morgan fingerprint density at radius 2 is 2.10 bits per heavy atom. The molecule has 0 amide bonds. The van der Waals surface area contributed by atoms with E-state index in [0.717, 1.165) is 23.6 Å². The molecule has 1 aliphatic heterocycles. The minimum Gasteiger partial charge on any atom is -0.378 e. The molecule has 21 heavy (non-hydrogen) atoms. The number of aryl methyl sites for hydroxylation is 1. The fourth-order valence-corrected chi connectivity index (χ4v) is 2.66. The molecule has 2 atom stereocenters. The molecule has 0 spiro atoms. The summed E-state index contributed by atoms with van der Waals surface area (Å²) in [6, 6.07) is 6.16. The van der Waals surface area contributed by atoms with Gasteiger partial charge >= 0.3 is 0 Å². The predicted molar refractivity (Wildman–Crippen MR) is 81.2 cm³/mol. The first-order valence-electron chi connectivity index (χ1n) is 6.93. The zero-order valence-corrected chi connectivity index (χ0v) is 12.8. The number of pyridine rings is 1. The standard InChI is InChI=1S/C15H17ClN4O/c1-9-7-21-8-14(18-9)11-5-13(20-15(16)6-11)12-3-4-17-10(2)19-12/h3-6,9,14,18H,7-8H2,1-2H3/t9-,14+/m1/s1. The lowest BCUT2D eigenvalue weighted by atomic mass is 10.0. The van der Waals surface area contributed by atoms with Crippen LogP contribution in [0.5, 0.6) is 0 Å². The molecule has 2 aromatic heterocycles. The Balaban J connectivity index is 1.96. The highest BCUT2D eigenvalue weighted by molar-refractivity contribution is 6.29. The molecule has 0 aliphatic carbocycles. The second-order valence-corrected chi connectivity index (χ2v) is 5.64. The lowest BCUT2D eigenvalue weighted by molar-refractivity contribution is 0.0504. The summed E-state index contributed by atoms with van der Waals surface area (Å²) < 4.78 is 5.60. The smallest absolute Gasteiger partial charge is 0.130 e. The molecular weight excluding hydrogens is 288 g/mol. The number of ether oxygens (including phenoxy) is 1. The molecular formula is C15H17ClN4O. The third-order valence-electron chi connectivity index (χ3n) is 3.40. The van der Waals surface area contributed by atoms with E-state index < -0.39 is 0 Å². The highest BCUT2D eigenvalue weighted by Crippen LogP contribution is 2.25. The van der Waals surface area contributed by atoms with Gasteiger partial charge in [-0.3, -0.25) is 0 Å². The lowest BCUT2D eigenvalue weighted by Crippen LogP contribution is -2.41. The molecule has 0 saturated carbocycles. The van der Waals surface area contributed by atoms with Crippen molar-refractivity contribution in [1.82, 2.24) is 20.3 Å². The van der Waals surface area contributed by atoms with Crippen molar-refractivity contribution in [2.45, 2.75) is 25.9 Å². The topological polar surface area (TPSA) is 59.9 Å². The summed E-state index contributed by atoms with van der Waals surface area (Å²) in [5.74, 6) is 0.712. The first-order chi connectivity index (χ1) is 10.1. The second kappa shape index (κ2) is 6.05. The molecule has 3 heterocycles. The van der Waals surface area contributed by atoms with E-state index in [1.54, 1.807) is 6.20 Å². The molecule has 5 nitrogen and oxygen atoms in total. The van der Waals surface area contributed by atoms with Crippen LogP contribution in [0.15, 0.2) is 24.4 Å². The van der Waals surface area contributed by atoms with Crippen molar-refractivity contribution in [2.75, 3.05) is 13.2 Å². The van der Waals surface area contributed by atoms with Gasteiger partial charge in [-0.15, -0.1) is 0 Å². The van der Waals surface area contributed by atoms with Gasteiger partial charge in [0.1, 0.15) is 11.0 Å². The van der Waals surface area contributed by atoms with Gasteiger partial charge in [-0.25, -0.2) is 15.0 Å². The van der Waals surface area contributed by atoms with Gasteiger partial charge in [0.2, 0.25) is 0 Å². The average Bonchev–Trinajstić information content (AvgIpc) is 2.46. The number of hydrogen-bond acceptors (Lipinski definition) is 5. The summed E-state index contributed by atoms with van der Waals surface area (Å²) in [7, 11) is 0. The van der Waals surface area contributed by atoms with Gasteiger partial charge in [0, 0.05) is 12.2 Å². The molecule has 1 N–H and O–H groups in total. The third-order valence-corrected chi connectivity index (χ3v) is 3.59. The first-order valence-corrected chi connectivity index (χ1v) is 7.31. The van der Waals surface area contributed by atoms with E-state index in [4.69, 9.17) is 16.3 Å². The summed E-state index contributed by atoms with van der Waals surface area (Å²) in [6.45, 7) is 5.32. The molecule has 6 heteroatoms. The number of rotatable bonds is 2. The van der Waals surface area contributed by atoms with E-state index in [1.807, 2.05) is 25.1 Å². The van der Waals surface area contributed by atoms with Crippen LogP contribution in [0, 0.1) is 6.92 Å². The quantitative estimate of drug-likeness (QED) is 0.864. The maximum absolute atomic E-state index is 6.17. The van der Waals surface area contributed by atoms with Crippen LogP contribution in [-0.2, 0) is 4.74 Å². The monoisotopic (exact) mass is 304 g/mol. The number of aromatic nitrogens is 3. The van der Waals surface area contributed by atoms with Gasteiger partial charge in [0.25, 0.3) is 0 Å². The lowest BCUT2D eigenvalue weighted by Gasteiger charge is -2.29. The molecule has 0 aromatic carbocycles. The SMILES string of the molecule is Cc1nccc(-c2cc([C@@H]3COC[C@@H](C)N3)cc(Cl)n2)n1. The molecule has 1 aliphatic rings. The Morgan fingerprint density at radius 1 is 1.24 bits per heavy atom. The Labute approximate surface area is 128 Å². The van der Waals surface area contributed by atoms with Gasteiger partial charge < -0.3 is 10.1 Å². The van der Waals surface area contributed by atoms with Crippen molar-refractivity contribution in [1.29, 1.82) is 0 Å². The average molecular weight is 305 g/mol. The highest BCUT2D eigenvalue weighted by atomic mass is 35.5. The summed E-state index contributed by atoms with van der Waals surface area (Å²) in [4.78, 5) is 12.9. The van der Waals surface area contributed by atoms with Crippen molar-refractivity contribution in [3.8, 4) is 11.4 Å². The number of nitrogens with one attached hydrogen (secondary N) is 1. The van der Waals surface area contributed by atoms with Crippen LogP contribution < -0.4 is 5.32 Å². The van der Waals surface area contributed by atoms with Gasteiger partial charge in [0.15, 0.2) is 0 Å². The van der Waals surface area contributed by atoms with Gasteiger partial charge in [-0.1, -0.05) is 11.6 Å². The number of morpholine rings is 1. The molecule has 2 aromatic rings. The molecule has 3 rings (SSSR count). The fraction of sp³-hybridized carbons (Fsp3) is 0.400. The summed E-state index contributed by atoms with van der Waals surface area (Å²) in [6.07, 6.45) is 1.73. The Bertz CT molecular complexity index is 649. The van der Waals surface area contributed by atoms with Gasteiger partial charge in [0.05, 0.1) is 30.6 Å². The maximum atomic E-state index is 6.17. The zero-order valence-electron chi connectivity index (χ0n) is 12.0. The molecule has 110 valence electrons. The molecule has 1 fully saturated rings. The van der Waals surface area contributed by atoms with E-state index in [9.17, 15) is 0 Å². The van der Waals surface area contributed by atoms with Crippen LogP contribution in [0.25, 0.3) is 11.4 Å². The van der Waals surface area contributed by atoms with Crippen LogP contribution in [0.1, 0.15) is 24.4 Å². The van der Waals surface area contributed by atoms with E-state index >= 15 is 0 Å². The summed E-state index contributed by atoms with van der Waals surface area (Å²) in [5.41, 5.74) is 2.59.